The van der Waals surface area contributed by atoms with Crippen LogP contribution in [0.5, 0.6) is 0 Å². The summed E-state index contributed by atoms with van der Waals surface area (Å²) in [5.41, 5.74) is 5.02. The summed E-state index contributed by atoms with van der Waals surface area (Å²) in [4.78, 5) is 13.2. The SMILES string of the molecule is CC(C)c1ccc2oc(Nc3nc(-c4ccccc4)c(CN4CCOCC4)s3)nc2c1. The molecule has 0 bridgehead atoms. The smallest absolute Gasteiger partial charge is 0.302 e. The van der Waals surface area contributed by atoms with Gasteiger partial charge in [-0.2, -0.15) is 4.98 Å². The van der Waals surface area contributed by atoms with Gasteiger partial charge in [0, 0.05) is 30.1 Å². The number of benzene rings is 2. The minimum Gasteiger partial charge on any atom is -0.423 e. The molecule has 2 aromatic heterocycles. The summed E-state index contributed by atoms with van der Waals surface area (Å²) in [5.74, 6) is 0.452. The normalized spacial score (nSPS) is 15.1. The minimum atomic E-state index is 0.452. The summed E-state index contributed by atoms with van der Waals surface area (Å²) in [5, 5.41) is 4.09. The van der Waals surface area contributed by atoms with E-state index < -0.39 is 0 Å². The highest BCUT2D eigenvalue weighted by atomic mass is 32.1. The molecule has 1 aliphatic rings. The molecule has 160 valence electrons. The van der Waals surface area contributed by atoms with Crippen molar-refractivity contribution in [2.24, 2.45) is 0 Å². The number of thiazole rings is 1. The van der Waals surface area contributed by atoms with Crippen molar-refractivity contribution < 1.29 is 9.15 Å². The van der Waals surface area contributed by atoms with Crippen molar-refractivity contribution in [2.45, 2.75) is 26.3 Å². The van der Waals surface area contributed by atoms with Gasteiger partial charge in [0.2, 0.25) is 0 Å². The van der Waals surface area contributed by atoms with Gasteiger partial charge in [0.25, 0.3) is 0 Å². The molecule has 5 rings (SSSR count). The van der Waals surface area contributed by atoms with Gasteiger partial charge < -0.3 is 9.15 Å². The summed E-state index contributed by atoms with van der Waals surface area (Å²) in [6.45, 7) is 8.67. The topological polar surface area (TPSA) is 63.4 Å². The lowest BCUT2D eigenvalue weighted by Gasteiger charge is -2.26. The first-order valence-electron chi connectivity index (χ1n) is 10.7. The van der Waals surface area contributed by atoms with E-state index in [4.69, 9.17) is 14.1 Å². The summed E-state index contributed by atoms with van der Waals surface area (Å²) >= 11 is 1.66. The van der Waals surface area contributed by atoms with Crippen LogP contribution in [-0.4, -0.2) is 41.2 Å². The fourth-order valence-corrected chi connectivity index (χ4v) is 4.76. The van der Waals surface area contributed by atoms with Gasteiger partial charge in [0.05, 0.1) is 18.9 Å². The number of anilines is 2. The van der Waals surface area contributed by atoms with Gasteiger partial charge in [-0.25, -0.2) is 4.98 Å². The van der Waals surface area contributed by atoms with E-state index in [0.717, 1.165) is 60.3 Å². The Hall–Kier alpha value is -2.74. The molecule has 0 atom stereocenters. The molecule has 1 aliphatic heterocycles. The maximum absolute atomic E-state index is 5.93. The van der Waals surface area contributed by atoms with Crippen molar-refractivity contribution in [1.29, 1.82) is 0 Å². The van der Waals surface area contributed by atoms with Crippen LogP contribution in [-0.2, 0) is 11.3 Å². The van der Waals surface area contributed by atoms with Crippen LogP contribution in [0.4, 0.5) is 11.1 Å². The Morgan fingerprint density at radius 2 is 1.87 bits per heavy atom. The van der Waals surface area contributed by atoms with Crippen LogP contribution >= 0.6 is 11.3 Å². The van der Waals surface area contributed by atoms with Crippen LogP contribution in [0.2, 0.25) is 0 Å². The third-order valence-electron chi connectivity index (χ3n) is 5.51. The molecule has 0 radical (unpaired) electrons. The zero-order valence-corrected chi connectivity index (χ0v) is 18.6. The second-order valence-electron chi connectivity index (χ2n) is 8.07. The average Bonchev–Trinajstić information content (AvgIpc) is 3.37. The molecule has 1 saturated heterocycles. The Morgan fingerprint density at radius 3 is 2.65 bits per heavy atom. The molecule has 0 spiro atoms. The van der Waals surface area contributed by atoms with Crippen molar-refractivity contribution in [3.05, 3.63) is 59.0 Å². The molecule has 3 heterocycles. The first-order valence-corrected chi connectivity index (χ1v) is 11.5. The third kappa shape index (κ3) is 4.49. The first-order chi connectivity index (χ1) is 15.2. The van der Waals surface area contributed by atoms with Crippen LogP contribution in [0, 0.1) is 0 Å². The van der Waals surface area contributed by atoms with Gasteiger partial charge >= 0.3 is 6.01 Å². The molecule has 4 aromatic rings. The molecule has 2 aromatic carbocycles. The lowest BCUT2D eigenvalue weighted by Crippen LogP contribution is -2.35. The third-order valence-corrected chi connectivity index (χ3v) is 6.46. The predicted molar refractivity (Wildman–Crippen MR) is 125 cm³/mol. The number of hydrogen-bond acceptors (Lipinski definition) is 7. The van der Waals surface area contributed by atoms with E-state index in [-0.39, 0.29) is 0 Å². The number of rotatable bonds is 6. The molecule has 7 heteroatoms. The van der Waals surface area contributed by atoms with Crippen molar-refractivity contribution in [3.63, 3.8) is 0 Å². The van der Waals surface area contributed by atoms with Crippen LogP contribution in [0.1, 0.15) is 30.2 Å². The quantitative estimate of drug-likeness (QED) is 0.423. The van der Waals surface area contributed by atoms with E-state index in [9.17, 15) is 0 Å². The van der Waals surface area contributed by atoms with Gasteiger partial charge in [-0.3, -0.25) is 10.2 Å². The number of aromatic nitrogens is 2. The van der Waals surface area contributed by atoms with Gasteiger partial charge in [0.1, 0.15) is 5.52 Å². The van der Waals surface area contributed by atoms with Crippen molar-refractivity contribution in [3.8, 4) is 11.3 Å². The zero-order chi connectivity index (χ0) is 21.2. The largest absolute Gasteiger partial charge is 0.423 e. The van der Waals surface area contributed by atoms with Gasteiger partial charge in [-0.15, -0.1) is 0 Å². The Kier molecular flexibility index (Phi) is 5.72. The molecule has 0 aliphatic carbocycles. The lowest BCUT2D eigenvalue weighted by molar-refractivity contribution is 0.0347. The number of fused-ring (bicyclic) bond motifs is 1. The van der Waals surface area contributed by atoms with Crippen LogP contribution in [0.3, 0.4) is 0 Å². The minimum absolute atomic E-state index is 0.452. The second kappa shape index (κ2) is 8.78. The van der Waals surface area contributed by atoms with Crippen LogP contribution in [0.25, 0.3) is 22.4 Å². The van der Waals surface area contributed by atoms with E-state index in [0.29, 0.717) is 11.9 Å². The Labute approximate surface area is 185 Å². The highest BCUT2D eigenvalue weighted by molar-refractivity contribution is 7.16. The summed E-state index contributed by atoms with van der Waals surface area (Å²) in [6.07, 6.45) is 0. The monoisotopic (exact) mass is 434 g/mol. The van der Waals surface area contributed by atoms with Crippen LogP contribution in [0.15, 0.2) is 52.9 Å². The molecule has 0 amide bonds. The number of nitrogens with one attached hydrogen (secondary N) is 1. The summed E-state index contributed by atoms with van der Waals surface area (Å²) in [7, 11) is 0. The highest BCUT2D eigenvalue weighted by Crippen LogP contribution is 2.34. The molecule has 1 N–H and O–H groups in total. The number of oxazole rings is 1. The van der Waals surface area contributed by atoms with Crippen molar-refractivity contribution in [1.82, 2.24) is 14.9 Å². The van der Waals surface area contributed by atoms with Crippen molar-refractivity contribution >= 4 is 33.6 Å². The van der Waals surface area contributed by atoms with E-state index in [1.165, 1.54) is 10.4 Å². The molecular formula is C24H26N4O2S. The predicted octanol–water partition coefficient (Wildman–Crippen LogP) is 5.65. The Morgan fingerprint density at radius 1 is 1.06 bits per heavy atom. The molecule has 0 unspecified atom stereocenters. The van der Waals surface area contributed by atoms with Gasteiger partial charge in [0.15, 0.2) is 10.7 Å². The zero-order valence-electron chi connectivity index (χ0n) is 17.8. The standard InChI is InChI=1S/C24H26N4O2S/c1-16(2)18-8-9-20-19(14-18)25-23(30-20)27-24-26-22(17-6-4-3-5-7-17)21(31-24)15-28-10-12-29-13-11-28/h3-9,14,16H,10-13,15H2,1-2H3,(H,25,26,27). The summed E-state index contributed by atoms with van der Waals surface area (Å²) in [6, 6.07) is 17.0. The number of hydrogen-bond donors (Lipinski definition) is 1. The average molecular weight is 435 g/mol. The van der Waals surface area contributed by atoms with E-state index in [2.05, 4.69) is 53.3 Å². The van der Waals surface area contributed by atoms with Gasteiger partial charge in [-0.05, 0) is 23.6 Å². The first kappa shape index (κ1) is 20.2. The van der Waals surface area contributed by atoms with E-state index in [1.54, 1.807) is 11.3 Å². The Bertz CT molecular complexity index is 1160. The maximum Gasteiger partial charge on any atom is 0.302 e. The van der Waals surface area contributed by atoms with E-state index >= 15 is 0 Å². The maximum atomic E-state index is 5.93. The number of nitrogens with zero attached hydrogens (tertiary/aromatic N) is 3. The fourth-order valence-electron chi connectivity index (χ4n) is 3.74. The highest BCUT2D eigenvalue weighted by Gasteiger charge is 2.19. The second-order valence-corrected chi connectivity index (χ2v) is 9.15. The lowest BCUT2D eigenvalue weighted by atomic mass is 10.0. The van der Waals surface area contributed by atoms with Crippen molar-refractivity contribution in [2.75, 3.05) is 31.6 Å². The molecule has 31 heavy (non-hydrogen) atoms. The number of morpholine rings is 1. The molecule has 6 nitrogen and oxygen atoms in total. The summed E-state index contributed by atoms with van der Waals surface area (Å²) < 4.78 is 11.4. The molecular weight excluding hydrogens is 408 g/mol. The molecule has 1 fully saturated rings. The van der Waals surface area contributed by atoms with Crippen LogP contribution < -0.4 is 5.32 Å². The fraction of sp³-hybridized carbons (Fsp3) is 0.333. The van der Waals surface area contributed by atoms with E-state index in [1.807, 2.05) is 24.3 Å². The number of ether oxygens (including phenoxy) is 1. The van der Waals surface area contributed by atoms with Gasteiger partial charge in [-0.1, -0.05) is 61.6 Å². The Balaban J connectivity index is 1.44. The molecule has 0 saturated carbocycles.